The first-order chi connectivity index (χ1) is 9.81. The molecule has 2 heterocycles. The van der Waals surface area contributed by atoms with E-state index < -0.39 is 12.0 Å². The van der Waals surface area contributed by atoms with Gasteiger partial charge < -0.3 is 14.6 Å². The van der Waals surface area contributed by atoms with Crippen LogP contribution in [0.1, 0.15) is 31.2 Å². The highest BCUT2D eigenvalue weighted by Crippen LogP contribution is 2.40. The van der Waals surface area contributed by atoms with Crippen LogP contribution in [-0.2, 0) is 11.2 Å². The van der Waals surface area contributed by atoms with Crippen molar-refractivity contribution in [1.82, 2.24) is 0 Å². The number of fused-ring (bicyclic) bond motifs is 2. The zero-order valence-corrected chi connectivity index (χ0v) is 11.4. The molecule has 0 spiro atoms. The zero-order valence-electron chi connectivity index (χ0n) is 11.4. The van der Waals surface area contributed by atoms with Gasteiger partial charge in [-0.15, -0.1) is 13.2 Å². The van der Waals surface area contributed by atoms with Gasteiger partial charge in [0.1, 0.15) is 5.75 Å². The van der Waals surface area contributed by atoms with Crippen LogP contribution in [0.5, 0.6) is 5.75 Å². The molecule has 2 saturated heterocycles. The lowest BCUT2D eigenvalue weighted by molar-refractivity contribution is -0.274. The van der Waals surface area contributed by atoms with Gasteiger partial charge >= 0.3 is 6.36 Å². The fourth-order valence-corrected chi connectivity index (χ4v) is 3.39. The third-order valence-electron chi connectivity index (χ3n) is 4.08. The first-order valence-electron chi connectivity index (χ1n) is 7.04. The lowest BCUT2D eigenvalue weighted by Gasteiger charge is -2.36. The Morgan fingerprint density at radius 1 is 1.24 bits per heavy atom. The first kappa shape index (κ1) is 14.7. The Labute approximate surface area is 120 Å². The molecule has 1 aromatic carbocycles. The van der Waals surface area contributed by atoms with Crippen LogP contribution in [-0.4, -0.2) is 29.3 Å². The molecular weight excluding hydrogens is 285 g/mol. The van der Waals surface area contributed by atoms with E-state index in [-0.39, 0.29) is 18.0 Å². The van der Waals surface area contributed by atoms with Crippen molar-refractivity contribution in [3.63, 3.8) is 0 Å². The molecule has 3 rings (SSSR count). The van der Waals surface area contributed by atoms with E-state index in [4.69, 9.17) is 4.74 Å². The molecule has 2 aliphatic rings. The molecule has 2 unspecified atom stereocenters. The van der Waals surface area contributed by atoms with Gasteiger partial charge in [-0.2, -0.15) is 0 Å². The molecule has 2 bridgehead atoms. The number of halogens is 3. The van der Waals surface area contributed by atoms with E-state index in [1.807, 2.05) is 0 Å². The van der Waals surface area contributed by atoms with Gasteiger partial charge in [0.05, 0.1) is 17.8 Å². The minimum atomic E-state index is -4.70. The topological polar surface area (TPSA) is 38.7 Å². The average molecular weight is 302 g/mol. The number of aliphatic hydroxyl groups is 1. The fourth-order valence-electron chi connectivity index (χ4n) is 3.39. The molecule has 0 radical (unpaired) electrons. The number of hydrogen-bond acceptors (Lipinski definition) is 3. The highest BCUT2D eigenvalue weighted by molar-refractivity contribution is 5.30. The number of benzene rings is 1. The Morgan fingerprint density at radius 3 is 2.52 bits per heavy atom. The minimum Gasteiger partial charge on any atom is -0.406 e. The van der Waals surface area contributed by atoms with Crippen molar-refractivity contribution >= 4 is 0 Å². The highest BCUT2D eigenvalue weighted by atomic mass is 19.4. The van der Waals surface area contributed by atoms with Gasteiger partial charge in [0.15, 0.2) is 0 Å². The number of ether oxygens (including phenoxy) is 2. The Bertz CT molecular complexity index is 503. The third-order valence-corrected chi connectivity index (χ3v) is 4.08. The fraction of sp³-hybridized carbons (Fsp3) is 0.600. The van der Waals surface area contributed by atoms with Gasteiger partial charge in [0.25, 0.3) is 0 Å². The molecule has 21 heavy (non-hydrogen) atoms. The molecule has 1 aromatic rings. The summed E-state index contributed by atoms with van der Waals surface area (Å²) in [5.74, 6) is -0.251. The third kappa shape index (κ3) is 3.68. The molecule has 2 fully saturated rings. The van der Waals surface area contributed by atoms with E-state index in [1.165, 1.54) is 18.2 Å². The predicted octanol–water partition coefficient (Wildman–Crippen LogP) is 3.20. The lowest BCUT2D eigenvalue weighted by atomic mass is 9.84. The van der Waals surface area contributed by atoms with Gasteiger partial charge in [-0.3, -0.25) is 0 Å². The molecule has 2 atom stereocenters. The quantitative estimate of drug-likeness (QED) is 0.932. The lowest BCUT2D eigenvalue weighted by Crippen LogP contribution is -2.42. The van der Waals surface area contributed by atoms with E-state index in [0.29, 0.717) is 24.8 Å². The second-order valence-corrected chi connectivity index (χ2v) is 5.96. The van der Waals surface area contributed by atoms with Gasteiger partial charge in [-0.05, 0) is 30.5 Å². The summed E-state index contributed by atoms with van der Waals surface area (Å²) in [5.41, 5.74) is -0.262. The van der Waals surface area contributed by atoms with Crippen molar-refractivity contribution in [1.29, 1.82) is 0 Å². The summed E-state index contributed by atoms with van der Waals surface area (Å²) in [7, 11) is 0. The maximum atomic E-state index is 12.2. The van der Waals surface area contributed by atoms with Gasteiger partial charge in [0.2, 0.25) is 0 Å². The van der Waals surface area contributed by atoms with Crippen LogP contribution in [0.15, 0.2) is 24.3 Å². The molecule has 0 saturated carbocycles. The molecule has 0 amide bonds. The van der Waals surface area contributed by atoms with Crippen molar-refractivity contribution < 1.29 is 27.8 Å². The first-order valence-corrected chi connectivity index (χ1v) is 7.04. The van der Waals surface area contributed by atoms with E-state index >= 15 is 0 Å². The Balaban J connectivity index is 1.71. The normalized spacial score (nSPS) is 32.2. The maximum Gasteiger partial charge on any atom is 0.573 e. The van der Waals surface area contributed by atoms with Crippen LogP contribution >= 0.6 is 0 Å². The number of alkyl halides is 3. The molecule has 0 aliphatic carbocycles. The van der Waals surface area contributed by atoms with Crippen LogP contribution in [0.2, 0.25) is 0 Å². The summed E-state index contributed by atoms with van der Waals surface area (Å²) in [6, 6.07) is 5.81. The van der Waals surface area contributed by atoms with E-state index in [9.17, 15) is 18.3 Å². The second kappa shape index (κ2) is 5.18. The van der Waals surface area contributed by atoms with Crippen molar-refractivity contribution in [2.45, 2.75) is 56.3 Å². The van der Waals surface area contributed by atoms with Crippen molar-refractivity contribution in [3.8, 4) is 5.75 Å². The minimum absolute atomic E-state index is 0.0726. The molecule has 116 valence electrons. The molecule has 3 nitrogen and oxygen atoms in total. The smallest absolute Gasteiger partial charge is 0.406 e. The van der Waals surface area contributed by atoms with Gasteiger partial charge in [-0.25, -0.2) is 0 Å². The molecule has 6 heteroatoms. The van der Waals surface area contributed by atoms with Gasteiger partial charge in [-0.1, -0.05) is 12.1 Å². The zero-order chi connectivity index (χ0) is 15.1. The Kier molecular flexibility index (Phi) is 3.61. The molecule has 1 N–H and O–H groups in total. The van der Waals surface area contributed by atoms with Crippen LogP contribution < -0.4 is 4.74 Å². The van der Waals surface area contributed by atoms with E-state index in [2.05, 4.69) is 4.74 Å². The molecule has 0 aromatic heterocycles. The highest BCUT2D eigenvalue weighted by Gasteiger charge is 2.43. The SMILES string of the molecule is OC1(Cc2cccc(OC(F)(F)F)c2)CC2CCC(C1)O2. The second-order valence-electron chi connectivity index (χ2n) is 5.96. The summed E-state index contributed by atoms with van der Waals surface area (Å²) in [5, 5.41) is 10.7. The largest absolute Gasteiger partial charge is 0.573 e. The van der Waals surface area contributed by atoms with Crippen LogP contribution in [0.4, 0.5) is 13.2 Å². The average Bonchev–Trinajstić information content (AvgIpc) is 2.67. The summed E-state index contributed by atoms with van der Waals surface area (Å²) in [6.07, 6.45) is -1.27. The standard InChI is InChI=1S/C15H17F3O3/c16-15(17,18)21-11-3-1-2-10(6-11)7-14(19)8-12-4-5-13(9-14)20-12/h1-3,6,12-13,19H,4-5,7-9H2. The molecule has 2 aliphatic heterocycles. The monoisotopic (exact) mass is 302 g/mol. The summed E-state index contributed by atoms with van der Waals surface area (Å²) in [6.45, 7) is 0. The van der Waals surface area contributed by atoms with Crippen molar-refractivity contribution in [2.24, 2.45) is 0 Å². The summed E-state index contributed by atoms with van der Waals surface area (Å²) < 4.78 is 46.3. The van der Waals surface area contributed by atoms with E-state index in [1.54, 1.807) is 6.07 Å². The van der Waals surface area contributed by atoms with E-state index in [0.717, 1.165) is 12.8 Å². The van der Waals surface area contributed by atoms with Crippen LogP contribution in [0, 0.1) is 0 Å². The maximum absolute atomic E-state index is 12.2. The summed E-state index contributed by atoms with van der Waals surface area (Å²) >= 11 is 0. The van der Waals surface area contributed by atoms with Crippen LogP contribution in [0.3, 0.4) is 0 Å². The number of rotatable bonds is 3. The van der Waals surface area contributed by atoms with Gasteiger partial charge in [0, 0.05) is 19.3 Å². The Morgan fingerprint density at radius 2 is 1.90 bits per heavy atom. The van der Waals surface area contributed by atoms with Crippen LogP contribution in [0.25, 0.3) is 0 Å². The summed E-state index contributed by atoms with van der Waals surface area (Å²) in [4.78, 5) is 0. The number of hydrogen-bond donors (Lipinski definition) is 1. The van der Waals surface area contributed by atoms with Crippen molar-refractivity contribution in [2.75, 3.05) is 0 Å². The molecular formula is C15H17F3O3. The Hall–Kier alpha value is -1.27. The van der Waals surface area contributed by atoms with Crippen molar-refractivity contribution in [3.05, 3.63) is 29.8 Å². The predicted molar refractivity (Wildman–Crippen MR) is 68.9 cm³/mol.